The number of aromatic nitrogens is 3. The first-order chi connectivity index (χ1) is 6.84. The average molecular weight is 213 g/mol. The van der Waals surface area contributed by atoms with Gasteiger partial charge in [-0.2, -0.15) is 4.98 Å². The van der Waals surface area contributed by atoms with Crippen LogP contribution in [0.25, 0.3) is 0 Å². The third-order valence-corrected chi connectivity index (χ3v) is 3.41. The Morgan fingerprint density at radius 1 is 1.57 bits per heavy atom. The number of nitrogens with two attached hydrogens (primary N) is 1. The molecule has 6 heteroatoms. The molecule has 0 radical (unpaired) electrons. The van der Waals surface area contributed by atoms with E-state index in [1.165, 1.54) is 12.8 Å². The summed E-state index contributed by atoms with van der Waals surface area (Å²) >= 11 is 1.67. The van der Waals surface area contributed by atoms with E-state index in [4.69, 9.17) is 5.73 Å². The van der Waals surface area contributed by atoms with Crippen LogP contribution >= 0.6 is 11.8 Å². The fraction of sp³-hybridized carbons (Fsp3) is 0.750. The van der Waals surface area contributed by atoms with Gasteiger partial charge in [0.25, 0.3) is 0 Å². The zero-order valence-electron chi connectivity index (χ0n) is 7.99. The van der Waals surface area contributed by atoms with Gasteiger partial charge in [0.15, 0.2) is 0 Å². The van der Waals surface area contributed by atoms with Crippen LogP contribution in [-0.4, -0.2) is 34.0 Å². The van der Waals surface area contributed by atoms with E-state index in [9.17, 15) is 0 Å². The highest BCUT2D eigenvalue weighted by atomic mass is 32.2. The van der Waals surface area contributed by atoms with Gasteiger partial charge in [0.05, 0.1) is 0 Å². The Balaban J connectivity index is 1.76. The van der Waals surface area contributed by atoms with Crippen molar-refractivity contribution in [3.05, 3.63) is 0 Å². The molecule has 1 aromatic rings. The number of nitrogens with zero attached hydrogens (tertiary/aromatic N) is 2. The Labute approximate surface area is 87.2 Å². The summed E-state index contributed by atoms with van der Waals surface area (Å²) in [5, 5.41) is 10.8. The maximum Gasteiger partial charge on any atom is 0.216 e. The standard InChI is InChI=1S/C8H15N5S/c9-7-11-8(13-12-7)14-5-6-2-1-3-10-4-6/h6,10H,1-5H2,(H3,9,11,12,13). The minimum atomic E-state index is 0.397. The Morgan fingerprint density at radius 3 is 3.14 bits per heavy atom. The largest absolute Gasteiger partial charge is 0.368 e. The third kappa shape index (κ3) is 2.62. The molecule has 14 heavy (non-hydrogen) atoms. The van der Waals surface area contributed by atoms with Crippen molar-refractivity contribution in [2.24, 2.45) is 5.92 Å². The van der Waals surface area contributed by atoms with E-state index in [2.05, 4.69) is 20.5 Å². The van der Waals surface area contributed by atoms with Crippen molar-refractivity contribution in [3.8, 4) is 0 Å². The molecule has 5 nitrogen and oxygen atoms in total. The van der Waals surface area contributed by atoms with E-state index in [1.807, 2.05) is 0 Å². The Kier molecular flexibility index (Phi) is 3.26. The van der Waals surface area contributed by atoms with Crippen molar-refractivity contribution in [1.29, 1.82) is 0 Å². The van der Waals surface area contributed by atoms with E-state index in [-0.39, 0.29) is 0 Å². The van der Waals surface area contributed by atoms with E-state index >= 15 is 0 Å². The molecule has 0 amide bonds. The van der Waals surface area contributed by atoms with E-state index < -0.39 is 0 Å². The van der Waals surface area contributed by atoms with Crippen molar-refractivity contribution in [3.63, 3.8) is 0 Å². The molecular formula is C8H15N5S. The van der Waals surface area contributed by atoms with Crippen LogP contribution in [0.2, 0.25) is 0 Å². The minimum absolute atomic E-state index is 0.397. The third-order valence-electron chi connectivity index (χ3n) is 2.33. The minimum Gasteiger partial charge on any atom is -0.368 e. The van der Waals surface area contributed by atoms with Crippen LogP contribution in [0.1, 0.15) is 12.8 Å². The highest BCUT2D eigenvalue weighted by Gasteiger charge is 2.14. The molecule has 1 fully saturated rings. The average Bonchev–Trinajstić information content (AvgIpc) is 2.63. The molecule has 0 saturated carbocycles. The van der Waals surface area contributed by atoms with Crippen LogP contribution in [0.4, 0.5) is 5.95 Å². The van der Waals surface area contributed by atoms with Crippen LogP contribution in [0.5, 0.6) is 0 Å². The maximum atomic E-state index is 5.43. The lowest BCUT2D eigenvalue weighted by Crippen LogP contribution is -2.30. The number of nitrogen functional groups attached to an aromatic ring is 1. The van der Waals surface area contributed by atoms with Crippen LogP contribution in [0.15, 0.2) is 5.16 Å². The molecular weight excluding hydrogens is 198 g/mol. The Morgan fingerprint density at radius 2 is 2.50 bits per heavy atom. The topological polar surface area (TPSA) is 79.6 Å². The molecule has 0 bridgehead atoms. The second kappa shape index (κ2) is 4.65. The molecule has 1 aliphatic heterocycles. The summed E-state index contributed by atoms with van der Waals surface area (Å²) < 4.78 is 0. The first-order valence-electron chi connectivity index (χ1n) is 4.86. The summed E-state index contributed by atoms with van der Waals surface area (Å²) in [5.74, 6) is 2.22. The van der Waals surface area contributed by atoms with Gasteiger partial charge < -0.3 is 11.1 Å². The van der Waals surface area contributed by atoms with Gasteiger partial charge in [0.1, 0.15) is 0 Å². The van der Waals surface area contributed by atoms with Crippen molar-refractivity contribution in [1.82, 2.24) is 20.5 Å². The second-order valence-electron chi connectivity index (χ2n) is 3.53. The number of anilines is 1. The highest BCUT2D eigenvalue weighted by Crippen LogP contribution is 2.20. The molecule has 1 aromatic heterocycles. The van der Waals surface area contributed by atoms with E-state index in [0.29, 0.717) is 5.95 Å². The summed E-state index contributed by atoms with van der Waals surface area (Å²) in [6.07, 6.45) is 2.58. The van der Waals surface area contributed by atoms with Crippen molar-refractivity contribution in [2.45, 2.75) is 18.0 Å². The summed E-state index contributed by atoms with van der Waals surface area (Å²) in [4.78, 5) is 4.05. The molecule has 0 spiro atoms. The van der Waals surface area contributed by atoms with Crippen molar-refractivity contribution >= 4 is 17.7 Å². The summed E-state index contributed by atoms with van der Waals surface area (Å²) in [7, 11) is 0. The van der Waals surface area contributed by atoms with Gasteiger partial charge in [-0.1, -0.05) is 11.8 Å². The lowest BCUT2D eigenvalue weighted by Gasteiger charge is -2.21. The highest BCUT2D eigenvalue weighted by molar-refractivity contribution is 7.99. The predicted molar refractivity (Wildman–Crippen MR) is 57.1 cm³/mol. The normalized spacial score (nSPS) is 22.4. The molecule has 1 aliphatic rings. The monoisotopic (exact) mass is 213 g/mol. The lowest BCUT2D eigenvalue weighted by molar-refractivity contribution is 0.410. The lowest BCUT2D eigenvalue weighted by atomic mass is 10.0. The van der Waals surface area contributed by atoms with Crippen molar-refractivity contribution < 1.29 is 0 Å². The van der Waals surface area contributed by atoms with Gasteiger partial charge in [0.2, 0.25) is 11.1 Å². The fourth-order valence-corrected chi connectivity index (χ4v) is 2.52. The number of hydrogen-bond acceptors (Lipinski definition) is 5. The summed E-state index contributed by atoms with van der Waals surface area (Å²) in [6.45, 7) is 2.28. The first kappa shape index (κ1) is 9.79. The van der Waals surface area contributed by atoms with Crippen LogP contribution in [0.3, 0.4) is 0 Å². The number of nitrogens with one attached hydrogen (secondary N) is 2. The molecule has 2 heterocycles. The first-order valence-corrected chi connectivity index (χ1v) is 5.84. The van der Waals surface area contributed by atoms with Gasteiger partial charge >= 0.3 is 0 Å². The van der Waals surface area contributed by atoms with E-state index in [0.717, 1.165) is 29.9 Å². The predicted octanol–water partition coefficient (Wildman–Crippen LogP) is 0.479. The Hall–Kier alpha value is -0.750. The summed E-state index contributed by atoms with van der Waals surface area (Å²) in [5.41, 5.74) is 5.43. The van der Waals surface area contributed by atoms with Gasteiger partial charge in [0, 0.05) is 5.75 Å². The number of rotatable bonds is 3. The molecule has 1 unspecified atom stereocenters. The number of H-pyrrole nitrogens is 1. The second-order valence-corrected chi connectivity index (χ2v) is 4.51. The van der Waals surface area contributed by atoms with Crippen LogP contribution in [0, 0.1) is 5.92 Å². The SMILES string of the molecule is Nc1nc(SCC2CCCNC2)n[nH]1. The number of piperidine rings is 1. The smallest absolute Gasteiger partial charge is 0.216 e. The number of aromatic amines is 1. The molecule has 2 rings (SSSR count). The van der Waals surface area contributed by atoms with Gasteiger partial charge in [-0.05, 0) is 31.8 Å². The van der Waals surface area contributed by atoms with Gasteiger partial charge in [-0.15, -0.1) is 5.10 Å². The van der Waals surface area contributed by atoms with E-state index in [1.54, 1.807) is 11.8 Å². The van der Waals surface area contributed by atoms with Gasteiger partial charge in [-0.3, -0.25) is 0 Å². The van der Waals surface area contributed by atoms with Gasteiger partial charge in [-0.25, -0.2) is 5.10 Å². The quantitative estimate of drug-likeness (QED) is 0.636. The number of thioether (sulfide) groups is 1. The maximum absolute atomic E-state index is 5.43. The fourth-order valence-electron chi connectivity index (χ4n) is 1.58. The van der Waals surface area contributed by atoms with Crippen LogP contribution in [-0.2, 0) is 0 Å². The molecule has 1 atom stereocenters. The Bertz CT molecular complexity index is 281. The molecule has 78 valence electrons. The number of hydrogen-bond donors (Lipinski definition) is 3. The molecule has 0 aliphatic carbocycles. The molecule has 0 aromatic carbocycles. The van der Waals surface area contributed by atoms with Crippen LogP contribution < -0.4 is 11.1 Å². The molecule has 1 saturated heterocycles. The zero-order valence-corrected chi connectivity index (χ0v) is 8.81. The zero-order chi connectivity index (χ0) is 9.80. The summed E-state index contributed by atoms with van der Waals surface area (Å²) in [6, 6.07) is 0. The van der Waals surface area contributed by atoms with Crippen molar-refractivity contribution in [2.75, 3.05) is 24.6 Å². The molecule has 4 N–H and O–H groups in total.